The molecule has 0 N–H and O–H groups in total. The molecule has 0 aliphatic heterocycles. The predicted molar refractivity (Wildman–Crippen MR) is 76.7 cm³/mol. The maximum Gasteiger partial charge on any atom is 0.158 e. The Kier molecular flexibility index (Phi) is 10.6. The second-order valence-corrected chi connectivity index (χ2v) is 4.78. The fraction of sp³-hybridized carbons (Fsp3) is 0.750. The summed E-state index contributed by atoms with van der Waals surface area (Å²) in [6.45, 7) is 5.89. The third kappa shape index (κ3) is 8.21. The molecule has 0 amide bonds. The van der Waals surface area contributed by atoms with Crippen molar-refractivity contribution in [2.24, 2.45) is 0 Å². The van der Waals surface area contributed by atoms with Gasteiger partial charge in [-0.2, -0.15) is 0 Å². The molecule has 0 spiro atoms. The third-order valence-corrected chi connectivity index (χ3v) is 3.16. The average Bonchev–Trinajstić information content (AvgIpc) is 2.40. The van der Waals surface area contributed by atoms with Gasteiger partial charge in [0, 0.05) is 12.8 Å². The molecule has 0 aliphatic rings. The van der Waals surface area contributed by atoms with Crippen LogP contribution in [0.3, 0.4) is 0 Å². The molecule has 0 aromatic rings. The van der Waals surface area contributed by atoms with Gasteiger partial charge in [0.1, 0.15) is 0 Å². The van der Waals surface area contributed by atoms with Crippen LogP contribution in [0, 0.1) is 0 Å². The van der Waals surface area contributed by atoms with Gasteiger partial charge in [0.25, 0.3) is 0 Å². The van der Waals surface area contributed by atoms with E-state index in [9.17, 15) is 9.59 Å². The maximum atomic E-state index is 11.7. The molecule has 0 saturated carbocycles. The molecule has 0 aromatic carbocycles. The molecule has 2 nitrogen and oxygen atoms in total. The highest BCUT2D eigenvalue weighted by Gasteiger charge is 2.08. The van der Waals surface area contributed by atoms with Crippen LogP contribution < -0.4 is 0 Å². The zero-order valence-electron chi connectivity index (χ0n) is 12.3. The van der Waals surface area contributed by atoms with E-state index >= 15 is 0 Å². The van der Waals surface area contributed by atoms with Crippen LogP contribution in [-0.2, 0) is 9.59 Å². The van der Waals surface area contributed by atoms with Gasteiger partial charge in [0.05, 0.1) is 0 Å². The number of carbonyl (C=O) groups excluding carboxylic acids is 2. The van der Waals surface area contributed by atoms with Gasteiger partial charge in [-0.15, -0.1) is 0 Å². The standard InChI is InChI=1S/C16H28O2/c1-4-7-8-9-10-11-12-14(16(18)6-3)13-15(17)5-2/h13H,4-12H2,1-3H3. The lowest BCUT2D eigenvalue weighted by Gasteiger charge is -2.05. The summed E-state index contributed by atoms with van der Waals surface area (Å²) in [4.78, 5) is 23.1. The number of carbonyl (C=O) groups is 2. The molecule has 0 heterocycles. The summed E-state index contributed by atoms with van der Waals surface area (Å²) in [5, 5.41) is 0. The van der Waals surface area contributed by atoms with Crippen LogP contribution in [0.1, 0.15) is 78.6 Å². The van der Waals surface area contributed by atoms with Crippen molar-refractivity contribution in [3.8, 4) is 0 Å². The molecular weight excluding hydrogens is 224 g/mol. The lowest BCUT2D eigenvalue weighted by atomic mass is 9.99. The Morgan fingerprint density at radius 3 is 2.00 bits per heavy atom. The van der Waals surface area contributed by atoms with Crippen molar-refractivity contribution in [1.82, 2.24) is 0 Å². The summed E-state index contributed by atoms with van der Waals surface area (Å²) in [5.74, 6) is 0.197. The van der Waals surface area contributed by atoms with Gasteiger partial charge in [0.2, 0.25) is 0 Å². The normalized spacial score (nSPS) is 11.6. The van der Waals surface area contributed by atoms with Gasteiger partial charge in [-0.3, -0.25) is 9.59 Å². The van der Waals surface area contributed by atoms with Gasteiger partial charge in [0.15, 0.2) is 11.6 Å². The molecule has 104 valence electrons. The molecule has 2 heteroatoms. The Morgan fingerprint density at radius 2 is 1.44 bits per heavy atom. The van der Waals surface area contributed by atoms with Gasteiger partial charge in [-0.05, 0) is 24.5 Å². The van der Waals surface area contributed by atoms with E-state index in [0.717, 1.165) is 24.8 Å². The number of ketones is 2. The monoisotopic (exact) mass is 252 g/mol. The van der Waals surface area contributed by atoms with Crippen molar-refractivity contribution >= 4 is 11.6 Å². The SMILES string of the molecule is CCCCCCCCC(=CC(=O)CC)C(=O)CC. The Balaban J connectivity index is 4.07. The van der Waals surface area contributed by atoms with Crippen molar-refractivity contribution in [3.63, 3.8) is 0 Å². The number of Topliss-reactive ketones (excluding diaryl/α,β-unsaturated/α-hetero) is 1. The molecule has 0 radical (unpaired) electrons. The summed E-state index contributed by atoms with van der Waals surface area (Å²) in [5.41, 5.74) is 0.736. The predicted octanol–water partition coefficient (Wildman–Crippen LogP) is 4.62. The van der Waals surface area contributed by atoms with Gasteiger partial charge in [-0.1, -0.05) is 52.9 Å². The fourth-order valence-corrected chi connectivity index (χ4v) is 1.91. The first-order valence-electron chi connectivity index (χ1n) is 7.42. The zero-order chi connectivity index (χ0) is 13.8. The second kappa shape index (κ2) is 11.2. The summed E-state index contributed by atoms with van der Waals surface area (Å²) in [7, 11) is 0. The minimum Gasteiger partial charge on any atom is -0.295 e. The Labute approximate surface area is 112 Å². The highest BCUT2D eigenvalue weighted by molar-refractivity contribution is 6.02. The van der Waals surface area contributed by atoms with Gasteiger partial charge < -0.3 is 0 Å². The molecule has 0 unspecified atom stereocenters. The van der Waals surface area contributed by atoms with Crippen LogP contribution in [0.2, 0.25) is 0 Å². The molecular formula is C16H28O2. The summed E-state index contributed by atoms with van der Waals surface area (Å²) >= 11 is 0. The van der Waals surface area contributed by atoms with Crippen LogP contribution in [0.5, 0.6) is 0 Å². The van der Waals surface area contributed by atoms with E-state index in [0.29, 0.717) is 12.8 Å². The van der Waals surface area contributed by atoms with E-state index in [4.69, 9.17) is 0 Å². The first-order valence-corrected chi connectivity index (χ1v) is 7.42. The van der Waals surface area contributed by atoms with Crippen molar-refractivity contribution < 1.29 is 9.59 Å². The third-order valence-electron chi connectivity index (χ3n) is 3.16. The molecule has 0 fully saturated rings. The molecule has 0 rings (SSSR count). The molecule has 0 aliphatic carbocycles. The van der Waals surface area contributed by atoms with Crippen LogP contribution >= 0.6 is 0 Å². The smallest absolute Gasteiger partial charge is 0.158 e. The Morgan fingerprint density at radius 1 is 0.833 bits per heavy atom. The summed E-state index contributed by atoms with van der Waals surface area (Å²) in [6, 6.07) is 0. The molecule has 18 heavy (non-hydrogen) atoms. The molecule has 0 atom stereocenters. The number of hydrogen-bond donors (Lipinski definition) is 0. The number of allylic oxidation sites excluding steroid dienone is 2. The zero-order valence-corrected chi connectivity index (χ0v) is 12.3. The van der Waals surface area contributed by atoms with Gasteiger partial charge >= 0.3 is 0 Å². The van der Waals surface area contributed by atoms with Crippen LogP contribution in [0.25, 0.3) is 0 Å². The largest absolute Gasteiger partial charge is 0.295 e. The van der Waals surface area contributed by atoms with Crippen molar-refractivity contribution in [2.45, 2.75) is 78.6 Å². The number of unbranched alkanes of at least 4 members (excludes halogenated alkanes) is 5. The number of rotatable bonds is 11. The van der Waals surface area contributed by atoms with E-state index in [1.165, 1.54) is 25.7 Å². The van der Waals surface area contributed by atoms with E-state index in [1.807, 2.05) is 13.8 Å². The highest BCUT2D eigenvalue weighted by atomic mass is 16.1. The highest BCUT2D eigenvalue weighted by Crippen LogP contribution is 2.14. The van der Waals surface area contributed by atoms with E-state index in [-0.39, 0.29) is 11.6 Å². The quantitative estimate of drug-likeness (QED) is 0.397. The van der Waals surface area contributed by atoms with Crippen molar-refractivity contribution in [2.75, 3.05) is 0 Å². The average molecular weight is 252 g/mol. The van der Waals surface area contributed by atoms with E-state index in [1.54, 1.807) is 6.08 Å². The first kappa shape index (κ1) is 17.1. The lowest BCUT2D eigenvalue weighted by Crippen LogP contribution is -2.04. The topological polar surface area (TPSA) is 34.1 Å². The molecule has 0 aromatic heterocycles. The van der Waals surface area contributed by atoms with Crippen LogP contribution in [0.15, 0.2) is 11.6 Å². The number of hydrogen-bond acceptors (Lipinski definition) is 2. The van der Waals surface area contributed by atoms with Crippen LogP contribution in [0.4, 0.5) is 0 Å². The van der Waals surface area contributed by atoms with E-state index in [2.05, 4.69) is 6.92 Å². The Hall–Kier alpha value is -0.920. The van der Waals surface area contributed by atoms with Crippen molar-refractivity contribution in [1.29, 1.82) is 0 Å². The minimum atomic E-state index is 0.0674. The van der Waals surface area contributed by atoms with Crippen LogP contribution in [-0.4, -0.2) is 11.6 Å². The maximum absolute atomic E-state index is 11.7. The molecule has 0 bridgehead atoms. The summed E-state index contributed by atoms with van der Waals surface area (Å²) in [6.07, 6.45) is 10.6. The van der Waals surface area contributed by atoms with Gasteiger partial charge in [-0.25, -0.2) is 0 Å². The fourth-order valence-electron chi connectivity index (χ4n) is 1.91. The first-order chi connectivity index (χ1) is 8.65. The van der Waals surface area contributed by atoms with E-state index < -0.39 is 0 Å². The second-order valence-electron chi connectivity index (χ2n) is 4.78. The summed E-state index contributed by atoms with van der Waals surface area (Å²) < 4.78 is 0. The van der Waals surface area contributed by atoms with Crippen molar-refractivity contribution in [3.05, 3.63) is 11.6 Å². The lowest BCUT2D eigenvalue weighted by molar-refractivity contribution is -0.117. The molecule has 0 saturated heterocycles. The minimum absolute atomic E-state index is 0.0674. The Bertz CT molecular complexity index is 277.